The Hall–Kier alpha value is -2.69. The summed E-state index contributed by atoms with van der Waals surface area (Å²) < 4.78 is 0. The minimum Gasteiger partial charge on any atom is -0.0626 e. The molecule has 0 fully saturated rings. The molecule has 0 heterocycles. The van der Waals surface area contributed by atoms with Crippen LogP contribution in [-0.2, 0) is 0 Å². The van der Waals surface area contributed by atoms with Crippen molar-refractivity contribution in [3.05, 3.63) is 103 Å². The van der Waals surface area contributed by atoms with E-state index in [0.29, 0.717) is 9.04 Å². The standard InChI is InChI=1S/C24H17Si2/c25-26-22-17-16-21(18-10-4-1-5-11-18)23(19-12-6-2-7-13-19)24(22)20-14-8-3-9-15-20/h1-17H. The van der Waals surface area contributed by atoms with Gasteiger partial charge in [0.15, 0.2) is 0 Å². The van der Waals surface area contributed by atoms with Crippen LogP contribution in [0.1, 0.15) is 0 Å². The largest absolute Gasteiger partial charge is 0.0626 e. The van der Waals surface area contributed by atoms with Gasteiger partial charge in [-0.15, -0.1) is 0 Å². The molecule has 0 N–H and O–H groups in total. The average molecular weight is 362 g/mol. The van der Waals surface area contributed by atoms with E-state index in [1.165, 1.54) is 38.6 Å². The van der Waals surface area contributed by atoms with Crippen molar-refractivity contribution in [2.45, 2.75) is 0 Å². The van der Waals surface area contributed by atoms with Gasteiger partial charge in [-0.1, -0.05) is 108 Å². The van der Waals surface area contributed by atoms with Gasteiger partial charge in [-0.3, -0.25) is 0 Å². The van der Waals surface area contributed by atoms with Gasteiger partial charge in [0.25, 0.3) is 0 Å². The zero-order valence-electron chi connectivity index (χ0n) is 14.3. The van der Waals surface area contributed by atoms with E-state index < -0.39 is 0 Å². The van der Waals surface area contributed by atoms with Crippen LogP contribution in [0.4, 0.5) is 0 Å². The fraction of sp³-hybridized carbons (Fsp3) is 0. The Morgan fingerprint density at radius 1 is 0.462 bits per heavy atom. The molecule has 0 aromatic heterocycles. The molecule has 4 aromatic carbocycles. The molecule has 0 atom stereocenters. The van der Waals surface area contributed by atoms with E-state index in [0.717, 1.165) is 0 Å². The second-order valence-electron chi connectivity index (χ2n) is 6.13. The number of benzene rings is 4. The molecule has 5 radical (unpaired) electrons. The minimum absolute atomic E-state index is 0.555. The van der Waals surface area contributed by atoms with Gasteiger partial charge in [0, 0.05) is 9.76 Å². The van der Waals surface area contributed by atoms with E-state index in [1.54, 1.807) is 0 Å². The van der Waals surface area contributed by atoms with Gasteiger partial charge in [0.2, 0.25) is 0 Å². The quantitative estimate of drug-likeness (QED) is 0.444. The predicted molar refractivity (Wildman–Crippen MR) is 114 cm³/mol. The summed E-state index contributed by atoms with van der Waals surface area (Å²) in [6.07, 6.45) is 0. The normalized spacial score (nSPS) is 10.7. The summed E-state index contributed by atoms with van der Waals surface area (Å²) in [6.45, 7) is 0. The Balaban J connectivity index is 2.09. The Kier molecular flexibility index (Phi) is 4.96. The molecule has 0 aliphatic rings. The second kappa shape index (κ2) is 7.69. The average Bonchev–Trinajstić information content (AvgIpc) is 2.74. The highest BCUT2D eigenvalue weighted by molar-refractivity contribution is 6.98. The van der Waals surface area contributed by atoms with E-state index in [4.69, 9.17) is 0 Å². The molecule has 0 unspecified atom stereocenters. The van der Waals surface area contributed by atoms with Gasteiger partial charge in [-0.25, -0.2) is 0 Å². The summed E-state index contributed by atoms with van der Waals surface area (Å²) in [5, 5.41) is 1.33. The van der Waals surface area contributed by atoms with Crippen molar-refractivity contribution < 1.29 is 0 Å². The first-order valence-electron chi connectivity index (χ1n) is 8.64. The fourth-order valence-electron chi connectivity index (χ4n) is 3.37. The molecule has 0 aliphatic heterocycles. The van der Waals surface area contributed by atoms with Gasteiger partial charge in [-0.05, 0) is 33.4 Å². The van der Waals surface area contributed by atoms with Crippen molar-refractivity contribution in [2.24, 2.45) is 0 Å². The first-order chi connectivity index (χ1) is 12.9. The number of hydrogen-bond donors (Lipinski definition) is 0. The lowest BCUT2D eigenvalue weighted by Gasteiger charge is -2.19. The summed E-state index contributed by atoms with van der Waals surface area (Å²) >= 11 is 0. The van der Waals surface area contributed by atoms with Crippen molar-refractivity contribution in [1.29, 1.82) is 0 Å². The fourth-order valence-corrected chi connectivity index (χ4v) is 4.56. The van der Waals surface area contributed by atoms with Crippen LogP contribution in [0.5, 0.6) is 0 Å². The Labute approximate surface area is 160 Å². The third-order valence-corrected chi connectivity index (χ3v) is 6.04. The molecule has 121 valence electrons. The Morgan fingerprint density at radius 3 is 1.42 bits per heavy atom. The van der Waals surface area contributed by atoms with Crippen molar-refractivity contribution in [2.75, 3.05) is 0 Å². The number of rotatable bonds is 4. The van der Waals surface area contributed by atoms with Gasteiger partial charge >= 0.3 is 0 Å². The molecule has 0 saturated heterocycles. The first-order valence-corrected chi connectivity index (χ1v) is 11.1. The van der Waals surface area contributed by atoms with Gasteiger partial charge in [0.05, 0.1) is 9.04 Å². The van der Waals surface area contributed by atoms with Crippen LogP contribution in [0.3, 0.4) is 0 Å². The summed E-state index contributed by atoms with van der Waals surface area (Å²) in [5.74, 6) is 0. The summed E-state index contributed by atoms with van der Waals surface area (Å²) in [7, 11) is 4.33. The van der Waals surface area contributed by atoms with Crippen LogP contribution in [0.25, 0.3) is 33.4 Å². The van der Waals surface area contributed by atoms with Crippen molar-refractivity contribution in [1.82, 2.24) is 0 Å². The zero-order chi connectivity index (χ0) is 17.8. The highest BCUT2D eigenvalue weighted by atomic mass is 29.1. The molecule has 0 spiro atoms. The van der Waals surface area contributed by atoms with Crippen LogP contribution in [0.15, 0.2) is 103 Å². The van der Waals surface area contributed by atoms with Crippen molar-refractivity contribution >= 4 is 24.0 Å². The highest BCUT2D eigenvalue weighted by Gasteiger charge is 2.17. The molecule has 4 aromatic rings. The van der Waals surface area contributed by atoms with Crippen LogP contribution in [0, 0.1) is 0 Å². The molecule has 0 bridgehead atoms. The lowest BCUT2D eigenvalue weighted by atomic mass is 9.87. The van der Waals surface area contributed by atoms with Crippen LogP contribution >= 0.6 is 0 Å². The molecule has 0 nitrogen and oxygen atoms in total. The monoisotopic (exact) mass is 361 g/mol. The van der Waals surface area contributed by atoms with Crippen LogP contribution in [0.2, 0.25) is 0 Å². The van der Waals surface area contributed by atoms with Crippen LogP contribution in [-0.4, -0.2) is 18.8 Å². The number of hydrogen-bond acceptors (Lipinski definition) is 0. The summed E-state index contributed by atoms with van der Waals surface area (Å²) in [5.41, 5.74) is 7.62. The van der Waals surface area contributed by atoms with Gasteiger partial charge in [0.1, 0.15) is 0 Å². The Morgan fingerprint density at radius 2 is 0.923 bits per heavy atom. The highest BCUT2D eigenvalue weighted by Crippen LogP contribution is 2.38. The maximum atomic E-state index is 3.77. The zero-order valence-corrected chi connectivity index (χ0v) is 16.3. The Bertz CT molecular complexity index is 994. The predicted octanol–water partition coefficient (Wildman–Crippen LogP) is 5.10. The van der Waals surface area contributed by atoms with Gasteiger partial charge < -0.3 is 0 Å². The molecular weight excluding hydrogens is 344 g/mol. The van der Waals surface area contributed by atoms with E-state index in [2.05, 4.69) is 113 Å². The SMILES string of the molecule is [Si][Si]c1ccc(-c2ccccc2)c(-c2ccccc2)c1-c1ccccc1. The molecule has 0 aliphatic carbocycles. The van der Waals surface area contributed by atoms with Crippen molar-refractivity contribution in [3.63, 3.8) is 0 Å². The van der Waals surface area contributed by atoms with Crippen LogP contribution < -0.4 is 5.19 Å². The summed E-state index contributed by atoms with van der Waals surface area (Å²) in [4.78, 5) is 0. The topological polar surface area (TPSA) is 0 Å². The van der Waals surface area contributed by atoms with E-state index in [-0.39, 0.29) is 0 Å². The molecular formula is C24H17Si2. The molecule has 0 amide bonds. The van der Waals surface area contributed by atoms with Gasteiger partial charge in [-0.2, -0.15) is 0 Å². The van der Waals surface area contributed by atoms with Crippen molar-refractivity contribution in [3.8, 4) is 33.4 Å². The molecule has 4 rings (SSSR count). The lowest BCUT2D eigenvalue weighted by molar-refractivity contribution is 1.57. The van der Waals surface area contributed by atoms with E-state index in [1.807, 2.05) is 0 Å². The maximum Gasteiger partial charge on any atom is 0.0613 e. The minimum atomic E-state index is 0.555. The molecule has 0 saturated carbocycles. The first kappa shape index (κ1) is 16.8. The molecule has 2 heteroatoms. The lowest BCUT2D eigenvalue weighted by Crippen LogP contribution is -2.18. The third-order valence-electron chi connectivity index (χ3n) is 4.55. The molecule has 26 heavy (non-hydrogen) atoms. The second-order valence-corrected chi connectivity index (χ2v) is 7.67. The summed E-state index contributed by atoms with van der Waals surface area (Å²) in [6, 6.07) is 36.6. The smallest absolute Gasteiger partial charge is 0.0613 e. The van der Waals surface area contributed by atoms with E-state index >= 15 is 0 Å². The van der Waals surface area contributed by atoms with E-state index in [9.17, 15) is 0 Å². The third kappa shape index (κ3) is 3.21. The maximum absolute atomic E-state index is 3.77.